The molecular weight excluding hydrogens is 441 g/mol. The quantitative estimate of drug-likeness (QED) is 0.348. The average molecular weight is 471 g/mol. The molecule has 8 heteroatoms. The first-order valence-electron chi connectivity index (χ1n) is 8.65. The molecule has 144 valence electrons. The van der Waals surface area contributed by atoms with Gasteiger partial charge in [-0.2, -0.15) is 5.10 Å². The number of nitrogens with zero attached hydrogens (tertiary/aromatic N) is 5. The van der Waals surface area contributed by atoms with Gasteiger partial charge in [0.15, 0.2) is 5.96 Å². The van der Waals surface area contributed by atoms with Crippen molar-refractivity contribution in [2.45, 2.75) is 25.9 Å². The highest BCUT2D eigenvalue weighted by Gasteiger charge is 2.13. The van der Waals surface area contributed by atoms with Gasteiger partial charge in [-0.1, -0.05) is 30.3 Å². The number of halogens is 1. The minimum atomic E-state index is 0. The van der Waals surface area contributed by atoms with E-state index in [1.807, 2.05) is 7.05 Å². The van der Waals surface area contributed by atoms with Gasteiger partial charge >= 0.3 is 0 Å². The molecule has 2 N–H and O–H groups in total. The summed E-state index contributed by atoms with van der Waals surface area (Å²) in [5.41, 5.74) is 1.34. The molecular formula is C18H30IN7. The molecule has 0 saturated heterocycles. The van der Waals surface area contributed by atoms with Gasteiger partial charge < -0.3 is 15.5 Å². The molecule has 0 aliphatic rings. The van der Waals surface area contributed by atoms with Crippen LogP contribution in [0.2, 0.25) is 0 Å². The summed E-state index contributed by atoms with van der Waals surface area (Å²) >= 11 is 0. The van der Waals surface area contributed by atoms with Crippen LogP contribution >= 0.6 is 24.0 Å². The number of nitrogens with one attached hydrogen (secondary N) is 2. The van der Waals surface area contributed by atoms with E-state index in [1.54, 1.807) is 11.0 Å². The third-order valence-corrected chi connectivity index (χ3v) is 4.08. The molecule has 0 spiro atoms. The summed E-state index contributed by atoms with van der Waals surface area (Å²) in [6, 6.07) is 10.9. The molecule has 2 rings (SSSR count). The summed E-state index contributed by atoms with van der Waals surface area (Å²) in [5, 5.41) is 10.8. The fraction of sp³-hybridized carbons (Fsp3) is 0.500. The van der Waals surface area contributed by atoms with Gasteiger partial charge in [-0.05, 0) is 33.0 Å². The Morgan fingerprint density at radius 2 is 1.96 bits per heavy atom. The molecule has 0 fully saturated rings. The highest BCUT2D eigenvalue weighted by Crippen LogP contribution is 2.06. The van der Waals surface area contributed by atoms with E-state index in [4.69, 9.17) is 0 Å². The number of hydrogen-bond donors (Lipinski definition) is 2. The Kier molecular flexibility index (Phi) is 10.2. The predicted molar refractivity (Wildman–Crippen MR) is 117 cm³/mol. The number of hydrogen-bond acceptors (Lipinski definition) is 4. The molecule has 1 aromatic carbocycles. The SMILES string of the molecule is CCNC(=NCc1ncnn1C)NCC(Cc1ccccc1)N(C)C.I. The van der Waals surface area contributed by atoms with Crippen LogP contribution in [0.1, 0.15) is 18.3 Å². The van der Waals surface area contributed by atoms with Crippen LogP contribution in [0, 0.1) is 0 Å². The smallest absolute Gasteiger partial charge is 0.191 e. The number of aliphatic imine (C=N–C) groups is 1. The Morgan fingerprint density at radius 1 is 1.23 bits per heavy atom. The largest absolute Gasteiger partial charge is 0.357 e. The average Bonchev–Trinajstić information content (AvgIpc) is 3.01. The van der Waals surface area contributed by atoms with Gasteiger partial charge in [0, 0.05) is 26.2 Å². The van der Waals surface area contributed by atoms with E-state index in [0.717, 1.165) is 31.3 Å². The van der Waals surface area contributed by atoms with Crippen molar-refractivity contribution in [3.63, 3.8) is 0 Å². The van der Waals surface area contributed by atoms with Gasteiger partial charge in [-0.3, -0.25) is 4.68 Å². The summed E-state index contributed by atoms with van der Waals surface area (Å²) < 4.78 is 1.74. The summed E-state index contributed by atoms with van der Waals surface area (Å²) in [5.74, 6) is 1.64. The van der Waals surface area contributed by atoms with E-state index in [0.29, 0.717) is 12.6 Å². The topological polar surface area (TPSA) is 70.4 Å². The van der Waals surface area contributed by atoms with E-state index < -0.39 is 0 Å². The second kappa shape index (κ2) is 11.8. The van der Waals surface area contributed by atoms with E-state index in [1.165, 1.54) is 5.56 Å². The monoisotopic (exact) mass is 471 g/mol. The number of guanidine groups is 1. The highest BCUT2D eigenvalue weighted by atomic mass is 127. The van der Waals surface area contributed by atoms with Crippen LogP contribution in [0.3, 0.4) is 0 Å². The van der Waals surface area contributed by atoms with Crippen LogP contribution in [0.4, 0.5) is 0 Å². The normalized spacial score (nSPS) is 12.6. The highest BCUT2D eigenvalue weighted by molar-refractivity contribution is 14.0. The van der Waals surface area contributed by atoms with Gasteiger partial charge in [0.05, 0.1) is 0 Å². The Morgan fingerprint density at radius 3 is 2.54 bits per heavy atom. The third kappa shape index (κ3) is 7.28. The van der Waals surface area contributed by atoms with Gasteiger partial charge in [-0.15, -0.1) is 24.0 Å². The van der Waals surface area contributed by atoms with E-state index in [-0.39, 0.29) is 24.0 Å². The third-order valence-electron chi connectivity index (χ3n) is 4.08. The Bertz CT molecular complexity index is 655. The van der Waals surface area contributed by atoms with Crippen molar-refractivity contribution in [2.24, 2.45) is 12.0 Å². The van der Waals surface area contributed by atoms with Crippen molar-refractivity contribution in [3.8, 4) is 0 Å². The summed E-state index contributed by atoms with van der Waals surface area (Å²) in [6.07, 6.45) is 2.54. The second-order valence-corrected chi connectivity index (χ2v) is 6.18. The first kappa shape index (κ1) is 22.4. The molecule has 7 nitrogen and oxygen atoms in total. The maximum atomic E-state index is 4.61. The van der Waals surface area contributed by atoms with Crippen molar-refractivity contribution >= 4 is 29.9 Å². The van der Waals surface area contributed by atoms with Gasteiger partial charge in [-0.25, -0.2) is 9.98 Å². The zero-order chi connectivity index (χ0) is 18.1. The molecule has 0 aliphatic carbocycles. The fourth-order valence-corrected chi connectivity index (χ4v) is 2.49. The molecule has 0 amide bonds. The van der Waals surface area contributed by atoms with Crippen molar-refractivity contribution in [3.05, 3.63) is 48.0 Å². The lowest BCUT2D eigenvalue weighted by Crippen LogP contribution is -2.46. The van der Waals surface area contributed by atoms with Gasteiger partial charge in [0.2, 0.25) is 0 Å². The zero-order valence-electron chi connectivity index (χ0n) is 16.0. The van der Waals surface area contributed by atoms with E-state index in [9.17, 15) is 0 Å². The molecule has 0 bridgehead atoms. The van der Waals surface area contributed by atoms with Crippen LogP contribution < -0.4 is 10.6 Å². The lowest BCUT2D eigenvalue weighted by Gasteiger charge is -2.25. The summed E-state index contributed by atoms with van der Waals surface area (Å²) in [7, 11) is 6.10. The molecule has 0 saturated carbocycles. The molecule has 1 unspecified atom stereocenters. The van der Waals surface area contributed by atoms with Crippen molar-refractivity contribution in [2.75, 3.05) is 27.2 Å². The van der Waals surface area contributed by atoms with E-state index in [2.05, 4.69) is 82.0 Å². The first-order valence-corrected chi connectivity index (χ1v) is 8.65. The van der Waals surface area contributed by atoms with Crippen molar-refractivity contribution in [1.29, 1.82) is 0 Å². The zero-order valence-corrected chi connectivity index (χ0v) is 18.3. The molecule has 1 atom stereocenters. The predicted octanol–water partition coefficient (Wildman–Crippen LogP) is 1.66. The molecule has 1 heterocycles. The van der Waals surface area contributed by atoms with Crippen molar-refractivity contribution < 1.29 is 0 Å². The van der Waals surface area contributed by atoms with Crippen LogP contribution in [-0.4, -0.2) is 58.9 Å². The van der Waals surface area contributed by atoms with Crippen LogP contribution in [0.15, 0.2) is 41.7 Å². The molecule has 26 heavy (non-hydrogen) atoms. The lowest BCUT2D eigenvalue weighted by molar-refractivity contribution is 0.290. The Labute approximate surface area is 173 Å². The van der Waals surface area contributed by atoms with Crippen LogP contribution in [-0.2, 0) is 20.0 Å². The maximum absolute atomic E-state index is 4.61. The standard InChI is InChI=1S/C18H29N7.HI/c1-5-19-18(21-13-17-22-14-23-25(17)4)20-12-16(24(2)3)11-15-9-7-6-8-10-15;/h6-10,14,16H,5,11-13H2,1-4H3,(H2,19,20,21);1H. The summed E-state index contributed by atoms with van der Waals surface area (Å²) in [4.78, 5) is 11.1. The minimum absolute atomic E-state index is 0. The molecule has 0 radical (unpaired) electrons. The van der Waals surface area contributed by atoms with Gasteiger partial charge in [0.25, 0.3) is 0 Å². The lowest BCUT2D eigenvalue weighted by atomic mass is 10.1. The Hall–Kier alpha value is -1.68. The Balaban J connectivity index is 0.00000338. The number of aryl methyl sites for hydroxylation is 1. The number of rotatable bonds is 8. The second-order valence-electron chi connectivity index (χ2n) is 6.18. The van der Waals surface area contributed by atoms with Crippen LogP contribution in [0.25, 0.3) is 0 Å². The minimum Gasteiger partial charge on any atom is -0.357 e. The first-order chi connectivity index (χ1) is 12.1. The number of aromatic nitrogens is 3. The van der Waals surface area contributed by atoms with Crippen molar-refractivity contribution in [1.82, 2.24) is 30.3 Å². The molecule has 2 aromatic rings. The number of likely N-dealkylation sites (N-methyl/N-ethyl adjacent to an activating group) is 1. The summed E-state index contributed by atoms with van der Waals surface area (Å²) in [6.45, 7) is 4.19. The fourth-order valence-electron chi connectivity index (χ4n) is 2.49. The maximum Gasteiger partial charge on any atom is 0.191 e. The number of benzene rings is 1. The van der Waals surface area contributed by atoms with Gasteiger partial charge in [0.1, 0.15) is 18.7 Å². The van der Waals surface area contributed by atoms with Crippen LogP contribution in [0.5, 0.6) is 0 Å². The molecule has 1 aromatic heterocycles. The van der Waals surface area contributed by atoms with E-state index >= 15 is 0 Å². The molecule has 0 aliphatic heterocycles.